The summed E-state index contributed by atoms with van der Waals surface area (Å²) in [5.41, 5.74) is 20.6. The summed E-state index contributed by atoms with van der Waals surface area (Å²) < 4.78 is 7.20. The van der Waals surface area contributed by atoms with Gasteiger partial charge in [0.15, 0.2) is 0 Å². The van der Waals surface area contributed by atoms with Gasteiger partial charge in [0.05, 0.1) is 0 Å². The van der Waals surface area contributed by atoms with Gasteiger partial charge in [-0.3, -0.25) is 0 Å². The van der Waals surface area contributed by atoms with Crippen molar-refractivity contribution in [1.29, 1.82) is 0 Å². The molecule has 30 heavy (non-hydrogen) atoms. The molecule has 1 aliphatic rings. The van der Waals surface area contributed by atoms with Gasteiger partial charge in [0.1, 0.15) is 0 Å². The number of nitrogens with zero attached hydrogens (tertiary/aromatic N) is 7. The minimum atomic E-state index is -1.35. The Balaban J connectivity index is 1.82. The molecule has 1 fully saturated rings. The average Bonchev–Trinajstić information content (AvgIpc) is 3.19. The molecule has 0 bridgehead atoms. The van der Waals surface area contributed by atoms with Crippen LogP contribution in [0, 0.1) is 0 Å². The van der Waals surface area contributed by atoms with Gasteiger partial charge in [-0.1, -0.05) is 0 Å². The van der Waals surface area contributed by atoms with Crippen LogP contribution in [0.2, 0.25) is 16.5 Å². The summed E-state index contributed by atoms with van der Waals surface area (Å²) in [5.74, 6) is 0.872. The zero-order chi connectivity index (χ0) is 22.0. The Morgan fingerprint density at radius 2 is 2.20 bits per heavy atom. The van der Waals surface area contributed by atoms with Crippen LogP contribution in [-0.2, 0) is 9.53 Å². The molecule has 7 N–H and O–H groups in total. The van der Waals surface area contributed by atoms with E-state index in [1.807, 2.05) is 5.82 Å². The van der Waals surface area contributed by atoms with Crippen LogP contribution in [-0.4, -0.2) is 79.1 Å². The fourth-order valence-electron chi connectivity index (χ4n) is 3.16. The molecule has 15 heteroatoms. The zero-order valence-corrected chi connectivity index (χ0v) is 17.7. The van der Waals surface area contributed by atoms with Crippen LogP contribution in [0.5, 0.6) is 0 Å². The number of aliphatic carboxylic acids is 1. The van der Waals surface area contributed by atoms with Gasteiger partial charge in [-0.05, 0) is 0 Å². The molecule has 2 aromatic heterocycles. The van der Waals surface area contributed by atoms with Crippen molar-refractivity contribution in [2.75, 3.05) is 5.73 Å². The molecular weight excluding hydrogens is 465 g/mol. The molecule has 163 valence electrons. The van der Waals surface area contributed by atoms with Gasteiger partial charge in [0.2, 0.25) is 0 Å². The molecule has 0 unspecified atom stereocenters. The quantitative estimate of drug-likeness (QED) is 0.143. The summed E-state index contributed by atoms with van der Waals surface area (Å²) in [6, 6.07) is -0.933. The topological polar surface area (TPSA) is 231 Å². The fourth-order valence-corrected chi connectivity index (χ4v) is 6.64. The predicted molar refractivity (Wildman–Crippen MR) is 106 cm³/mol. The Morgan fingerprint density at radius 3 is 2.87 bits per heavy atom. The van der Waals surface area contributed by atoms with E-state index in [1.165, 1.54) is 10.9 Å². The number of imidazole rings is 1. The first-order valence-electron chi connectivity index (χ1n) is 8.87. The van der Waals surface area contributed by atoms with Gasteiger partial charge in [-0.2, -0.15) is 0 Å². The summed E-state index contributed by atoms with van der Waals surface area (Å²) in [4.78, 5) is 25.6. The number of anilines is 1. The first-order chi connectivity index (χ1) is 14.2. The number of nitrogen functional groups attached to an aromatic ring is 1. The Labute approximate surface area is 174 Å². The van der Waals surface area contributed by atoms with Crippen LogP contribution in [0.3, 0.4) is 0 Å². The molecule has 3 rings (SSSR count). The minimum absolute atomic E-state index is 0.0628. The Morgan fingerprint density at radius 1 is 1.47 bits per heavy atom. The van der Waals surface area contributed by atoms with E-state index < -0.39 is 50.5 Å². The summed E-state index contributed by atoms with van der Waals surface area (Å²) >= 11 is -1.35. The van der Waals surface area contributed by atoms with E-state index >= 15 is 0 Å². The number of fused-ring (bicyclic) bond motifs is 1. The van der Waals surface area contributed by atoms with E-state index in [9.17, 15) is 15.0 Å². The maximum absolute atomic E-state index is 10.9. The Bertz CT molecular complexity index is 981. The molecule has 1 aliphatic heterocycles. The first kappa shape index (κ1) is 22.2. The molecule has 2 aromatic rings. The molecule has 0 saturated carbocycles. The van der Waals surface area contributed by atoms with Crippen molar-refractivity contribution in [1.82, 2.24) is 19.5 Å². The molecule has 5 atom stereocenters. The molecule has 0 aromatic carbocycles. The molecule has 1 radical (unpaired) electrons. The SMILES string of the molecule is C[Se](CC[C@H](N)C(=O)O)C[C@H]1O[C@@H](n2c(N=[N+]=[N-])nc3c(N)ncnc32)[C@H](O)[C@@H]1O. The van der Waals surface area contributed by atoms with Crippen molar-refractivity contribution < 1.29 is 24.9 Å². The number of ether oxygens (including phenoxy) is 1. The normalized spacial score (nSPS) is 24.8. The zero-order valence-electron chi connectivity index (χ0n) is 15.9. The van der Waals surface area contributed by atoms with E-state index in [0.717, 1.165) is 0 Å². The standard InChI is InChI=1S/C15H22N9O5Se/c1-30(3-2-6(16)14(27)28)4-7-9(25)10(26)13(29-7)24-12-8(11(17)19-5-20-12)21-15(24)22-23-18/h5-7,9-10,13,25-26H,2-4,16H2,1H3,(H,27,28)(H2,17,19,20)/t6-,7+,9+,10+,13+/m0/s1. The van der Waals surface area contributed by atoms with Crippen LogP contribution < -0.4 is 11.5 Å². The molecule has 14 nitrogen and oxygen atoms in total. The van der Waals surface area contributed by atoms with Crippen LogP contribution in [0.4, 0.5) is 11.8 Å². The van der Waals surface area contributed by atoms with Gasteiger partial charge in [0, 0.05) is 0 Å². The summed E-state index contributed by atoms with van der Waals surface area (Å²) in [7, 11) is 0. The number of aromatic nitrogens is 4. The van der Waals surface area contributed by atoms with Crippen molar-refractivity contribution >= 4 is 42.8 Å². The number of carboxylic acid groups (broad SMARTS) is 1. The fraction of sp³-hybridized carbons (Fsp3) is 0.600. The van der Waals surface area contributed by atoms with Crippen molar-refractivity contribution in [2.45, 2.75) is 53.5 Å². The van der Waals surface area contributed by atoms with Crippen molar-refractivity contribution in [2.24, 2.45) is 10.8 Å². The molecular formula is C15H22N9O5Se. The van der Waals surface area contributed by atoms with E-state index in [-0.39, 0.29) is 22.9 Å². The van der Waals surface area contributed by atoms with Gasteiger partial charge < -0.3 is 0 Å². The summed E-state index contributed by atoms with van der Waals surface area (Å²) in [5, 5.41) is 34.6. The third kappa shape index (κ3) is 4.32. The summed E-state index contributed by atoms with van der Waals surface area (Å²) in [6.45, 7) is 0. The number of nitrogens with two attached hydrogens (primary N) is 2. The average molecular weight is 487 g/mol. The maximum atomic E-state index is 10.9. The molecule has 0 amide bonds. The van der Waals surface area contributed by atoms with Gasteiger partial charge >= 0.3 is 174 Å². The number of azide groups is 1. The number of rotatable bonds is 8. The second-order valence-electron chi connectivity index (χ2n) is 6.83. The van der Waals surface area contributed by atoms with Crippen LogP contribution >= 0.6 is 0 Å². The number of hydrogen-bond donors (Lipinski definition) is 5. The number of hydrogen-bond acceptors (Lipinski definition) is 10. The molecule has 1 saturated heterocycles. The number of carbonyl (C=O) groups is 1. The van der Waals surface area contributed by atoms with Crippen molar-refractivity contribution in [3.8, 4) is 0 Å². The molecule has 0 spiro atoms. The second kappa shape index (κ2) is 9.10. The van der Waals surface area contributed by atoms with Crippen molar-refractivity contribution in [3.63, 3.8) is 0 Å². The van der Waals surface area contributed by atoms with E-state index in [2.05, 4.69) is 25.0 Å². The van der Waals surface area contributed by atoms with Gasteiger partial charge in [0.25, 0.3) is 0 Å². The third-order valence-electron chi connectivity index (χ3n) is 4.76. The Hall–Kier alpha value is -2.51. The van der Waals surface area contributed by atoms with Crippen molar-refractivity contribution in [3.05, 3.63) is 16.8 Å². The van der Waals surface area contributed by atoms with Crippen LogP contribution in [0.25, 0.3) is 21.6 Å². The summed E-state index contributed by atoms with van der Waals surface area (Å²) in [6.07, 6.45) is -2.82. The second-order valence-corrected chi connectivity index (χ2v) is 11.7. The van der Waals surface area contributed by atoms with Gasteiger partial charge in [-0.15, -0.1) is 0 Å². The van der Waals surface area contributed by atoms with Crippen LogP contribution in [0.1, 0.15) is 12.6 Å². The Kier molecular flexibility index (Phi) is 6.73. The third-order valence-corrected chi connectivity index (χ3v) is 8.60. The number of aliphatic hydroxyl groups excluding tert-OH is 2. The number of carboxylic acids is 1. The number of aliphatic hydroxyl groups is 2. The monoisotopic (exact) mass is 488 g/mol. The van der Waals surface area contributed by atoms with Gasteiger partial charge in [-0.25, -0.2) is 0 Å². The van der Waals surface area contributed by atoms with E-state index in [0.29, 0.717) is 17.1 Å². The van der Waals surface area contributed by atoms with E-state index in [1.54, 1.807) is 0 Å². The molecule has 0 aliphatic carbocycles. The predicted octanol–water partition coefficient (Wildman–Crippen LogP) is -0.104. The first-order valence-corrected chi connectivity index (χ1v) is 13.0. The van der Waals surface area contributed by atoms with Crippen LogP contribution in [0.15, 0.2) is 11.4 Å². The molecule has 3 heterocycles. The van der Waals surface area contributed by atoms with E-state index in [4.69, 9.17) is 26.8 Å².